The number of halogens is 2. The highest BCUT2D eigenvalue weighted by molar-refractivity contribution is 6.30. The fourth-order valence-electron chi connectivity index (χ4n) is 3.61. The standard InChI is InChI=1S/C23H23ClFNO5/c1-3-15(12-27)26-11-17(23(29)30)22(28)16-9-14(20(31-4-2)10-19(16)26)8-13-6-5-7-18(24)21(13)25/h5-7,9-11,15,27H,3-4,8,12H2,1-2H3,(H,29,30)/t15-/m0/s1. The Labute approximate surface area is 183 Å². The zero-order chi connectivity index (χ0) is 22.7. The van der Waals surface area contributed by atoms with Crippen LogP contribution in [0.2, 0.25) is 5.02 Å². The minimum absolute atomic E-state index is 0.0134. The average Bonchev–Trinajstić information content (AvgIpc) is 2.74. The van der Waals surface area contributed by atoms with Gasteiger partial charge in [0.25, 0.3) is 0 Å². The minimum atomic E-state index is -1.36. The van der Waals surface area contributed by atoms with Crippen molar-refractivity contribution in [1.82, 2.24) is 4.57 Å². The lowest BCUT2D eigenvalue weighted by atomic mass is 9.99. The Bertz CT molecular complexity index is 1190. The number of nitrogens with zero attached hydrogens (tertiary/aromatic N) is 1. The summed E-state index contributed by atoms with van der Waals surface area (Å²) in [6.07, 6.45) is 1.88. The Morgan fingerprint density at radius 1 is 1.26 bits per heavy atom. The van der Waals surface area contributed by atoms with Gasteiger partial charge in [0.1, 0.15) is 17.1 Å². The van der Waals surface area contributed by atoms with Crippen LogP contribution in [0.25, 0.3) is 10.9 Å². The first kappa shape index (κ1) is 22.8. The molecule has 0 bridgehead atoms. The highest BCUT2D eigenvalue weighted by Gasteiger charge is 2.21. The number of benzene rings is 2. The monoisotopic (exact) mass is 447 g/mol. The number of aromatic carboxylic acids is 1. The van der Waals surface area contributed by atoms with E-state index >= 15 is 0 Å². The van der Waals surface area contributed by atoms with Gasteiger partial charge in [-0.25, -0.2) is 9.18 Å². The van der Waals surface area contributed by atoms with Crippen LogP contribution < -0.4 is 10.2 Å². The molecule has 1 atom stereocenters. The van der Waals surface area contributed by atoms with Gasteiger partial charge in [-0.15, -0.1) is 0 Å². The lowest BCUT2D eigenvalue weighted by Crippen LogP contribution is -2.22. The summed E-state index contributed by atoms with van der Waals surface area (Å²) in [5.74, 6) is -1.47. The Morgan fingerprint density at radius 3 is 2.61 bits per heavy atom. The van der Waals surface area contributed by atoms with Gasteiger partial charge in [-0.2, -0.15) is 0 Å². The number of aliphatic hydroxyl groups excluding tert-OH is 1. The molecule has 0 aliphatic heterocycles. The fraction of sp³-hybridized carbons (Fsp3) is 0.304. The van der Waals surface area contributed by atoms with Crippen LogP contribution >= 0.6 is 11.6 Å². The van der Waals surface area contributed by atoms with E-state index in [0.717, 1.165) is 0 Å². The first-order valence-corrected chi connectivity index (χ1v) is 10.3. The van der Waals surface area contributed by atoms with Gasteiger partial charge in [0.15, 0.2) is 0 Å². The second-order valence-electron chi connectivity index (χ2n) is 7.13. The van der Waals surface area contributed by atoms with Crippen molar-refractivity contribution in [2.75, 3.05) is 13.2 Å². The zero-order valence-corrected chi connectivity index (χ0v) is 17.9. The molecule has 0 aliphatic carbocycles. The molecule has 8 heteroatoms. The van der Waals surface area contributed by atoms with Gasteiger partial charge in [-0.05, 0) is 36.6 Å². The highest BCUT2D eigenvalue weighted by atomic mass is 35.5. The number of pyridine rings is 1. The molecule has 0 spiro atoms. The highest BCUT2D eigenvalue weighted by Crippen LogP contribution is 2.31. The topological polar surface area (TPSA) is 88.8 Å². The molecule has 164 valence electrons. The van der Waals surface area contributed by atoms with Crippen molar-refractivity contribution in [3.63, 3.8) is 0 Å². The maximum absolute atomic E-state index is 14.5. The van der Waals surface area contributed by atoms with E-state index in [1.165, 1.54) is 18.3 Å². The molecule has 2 N–H and O–H groups in total. The molecule has 0 unspecified atom stereocenters. The lowest BCUT2D eigenvalue weighted by molar-refractivity contribution is 0.0694. The van der Waals surface area contributed by atoms with Crippen molar-refractivity contribution in [1.29, 1.82) is 0 Å². The van der Waals surface area contributed by atoms with Crippen molar-refractivity contribution in [2.45, 2.75) is 32.7 Å². The molecule has 2 aromatic carbocycles. The first-order chi connectivity index (χ1) is 14.8. The van der Waals surface area contributed by atoms with Gasteiger partial charge < -0.3 is 19.5 Å². The largest absolute Gasteiger partial charge is 0.494 e. The molecule has 3 rings (SSSR count). The van der Waals surface area contributed by atoms with Gasteiger partial charge in [-0.3, -0.25) is 4.79 Å². The van der Waals surface area contributed by atoms with Gasteiger partial charge >= 0.3 is 5.97 Å². The van der Waals surface area contributed by atoms with Crippen molar-refractivity contribution in [3.8, 4) is 5.75 Å². The third kappa shape index (κ3) is 4.43. The number of carboxylic acid groups (broad SMARTS) is 1. The van der Waals surface area contributed by atoms with E-state index in [4.69, 9.17) is 16.3 Å². The minimum Gasteiger partial charge on any atom is -0.494 e. The quantitative estimate of drug-likeness (QED) is 0.533. The number of carboxylic acids is 1. The van der Waals surface area contributed by atoms with Crippen molar-refractivity contribution in [2.24, 2.45) is 0 Å². The Hall–Kier alpha value is -2.90. The van der Waals surface area contributed by atoms with Gasteiger partial charge in [0, 0.05) is 24.1 Å². The third-order valence-electron chi connectivity index (χ3n) is 5.23. The van der Waals surface area contributed by atoms with Crippen LogP contribution in [-0.4, -0.2) is 34.0 Å². The summed E-state index contributed by atoms with van der Waals surface area (Å²) >= 11 is 5.90. The second kappa shape index (κ2) is 9.49. The number of fused-ring (bicyclic) bond motifs is 1. The summed E-state index contributed by atoms with van der Waals surface area (Å²) in [5.41, 5.74) is 0.239. The zero-order valence-electron chi connectivity index (χ0n) is 17.2. The fourth-order valence-corrected chi connectivity index (χ4v) is 3.80. The molecule has 0 aliphatic rings. The average molecular weight is 448 g/mol. The molecule has 6 nitrogen and oxygen atoms in total. The lowest BCUT2D eigenvalue weighted by Gasteiger charge is -2.22. The van der Waals surface area contributed by atoms with E-state index in [9.17, 15) is 24.2 Å². The first-order valence-electron chi connectivity index (χ1n) is 9.93. The maximum Gasteiger partial charge on any atom is 0.341 e. The Kier molecular flexibility index (Phi) is 6.97. The van der Waals surface area contributed by atoms with Crippen molar-refractivity contribution >= 4 is 28.5 Å². The SMILES string of the molecule is CCOc1cc2c(cc1Cc1cccc(Cl)c1F)c(=O)c(C(=O)O)cn2[C@@H](CC)CO. The molecule has 0 radical (unpaired) electrons. The van der Waals surface area contributed by atoms with Gasteiger partial charge in [0.2, 0.25) is 5.43 Å². The summed E-state index contributed by atoms with van der Waals surface area (Å²) in [7, 11) is 0. The summed E-state index contributed by atoms with van der Waals surface area (Å²) in [6.45, 7) is 3.76. The molecule has 31 heavy (non-hydrogen) atoms. The molecular weight excluding hydrogens is 425 g/mol. The summed E-state index contributed by atoms with van der Waals surface area (Å²) < 4.78 is 21.8. The van der Waals surface area contributed by atoms with Crippen LogP contribution in [0.3, 0.4) is 0 Å². The molecule has 0 amide bonds. The van der Waals surface area contributed by atoms with E-state index in [0.29, 0.717) is 35.4 Å². The predicted octanol–water partition coefficient (Wildman–Crippen LogP) is 4.43. The number of rotatable bonds is 8. The maximum atomic E-state index is 14.5. The molecule has 1 aromatic heterocycles. The number of ether oxygens (including phenoxy) is 1. The molecular formula is C23H23ClFNO5. The van der Waals surface area contributed by atoms with Gasteiger partial charge in [-0.1, -0.05) is 30.7 Å². The van der Waals surface area contributed by atoms with Crippen LogP contribution in [0.5, 0.6) is 5.75 Å². The molecule has 3 aromatic rings. The number of hydrogen-bond donors (Lipinski definition) is 2. The molecule has 0 fully saturated rings. The molecule has 1 heterocycles. The summed E-state index contributed by atoms with van der Waals surface area (Å²) in [5, 5.41) is 19.5. The van der Waals surface area contributed by atoms with Crippen LogP contribution in [-0.2, 0) is 6.42 Å². The number of hydrogen-bond acceptors (Lipinski definition) is 4. The van der Waals surface area contributed by atoms with Crippen LogP contribution in [0.15, 0.2) is 41.3 Å². The molecule has 0 saturated carbocycles. The Balaban J connectivity index is 2.32. The number of aliphatic hydroxyl groups is 1. The van der Waals surface area contributed by atoms with Crippen LogP contribution in [0.1, 0.15) is 47.8 Å². The van der Waals surface area contributed by atoms with Crippen LogP contribution in [0.4, 0.5) is 4.39 Å². The van der Waals surface area contributed by atoms with Crippen LogP contribution in [0, 0.1) is 5.82 Å². The van der Waals surface area contributed by atoms with E-state index < -0.39 is 28.8 Å². The normalized spacial score (nSPS) is 12.2. The smallest absolute Gasteiger partial charge is 0.341 e. The van der Waals surface area contributed by atoms with Crippen molar-refractivity contribution < 1.29 is 24.1 Å². The predicted molar refractivity (Wildman–Crippen MR) is 117 cm³/mol. The number of carbonyl (C=O) groups is 1. The second-order valence-corrected chi connectivity index (χ2v) is 7.54. The summed E-state index contributed by atoms with van der Waals surface area (Å²) in [6, 6.07) is 7.42. The van der Waals surface area contributed by atoms with Gasteiger partial charge in [0.05, 0.1) is 29.8 Å². The van der Waals surface area contributed by atoms with E-state index in [2.05, 4.69) is 0 Å². The van der Waals surface area contributed by atoms with E-state index in [1.807, 2.05) is 6.92 Å². The van der Waals surface area contributed by atoms with Crippen molar-refractivity contribution in [3.05, 3.63) is 74.3 Å². The summed E-state index contributed by atoms with van der Waals surface area (Å²) in [4.78, 5) is 24.6. The van der Waals surface area contributed by atoms with E-state index in [-0.39, 0.29) is 23.4 Å². The third-order valence-corrected chi connectivity index (χ3v) is 5.52. The Morgan fingerprint density at radius 2 is 2.00 bits per heavy atom. The molecule has 0 saturated heterocycles. The van der Waals surface area contributed by atoms with E-state index in [1.54, 1.807) is 29.7 Å². The number of aromatic nitrogens is 1.